The third-order valence-electron chi connectivity index (χ3n) is 3.60. The zero-order valence-electron chi connectivity index (χ0n) is 12.0. The maximum Gasteiger partial charge on any atom is 0.305 e. The van der Waals surface area contributed by atoms with Gasteiger partial charge in [0.25, 0.3) is 0 Å². The van der Waals surface area contributed by atoms with Crippen LogP contribution in [-0.2, 0) is 11.3 Å². The topological polar surface area (TPSA) is 55.8 Å². The van der Waals surface area contributed by atoms with Gasteiger partial charge in [-0.05, 0) is 24.7 Å². The SMILES string of the molecule is CN1CCN(Cc2cccc(NCCC(=O)O)c2)CC1. The van der Waals surface area contributed by atoms with Gasteiger partial charge in [0, 0.05) is 45.0 Å². The first-order valence-electron chi connectivity index (χ1n) is 7.09. The Kier molecular flexibility index (Phi) is 5.38. The van der Waals surface area contributed by atoms with Crippen LogP contribution in [-0.4, -0.2) is 60.6 Å². The van der Waals surface area contributed by atoms with Crippen LogP contribution in [0, 0.1) is 0 Å². The second-order valence-corrected chi connectivity index (χ2v) is 5.35. The number of likely N-dealkylation sites (N-methyl/N-ethyl adjacent to an activating group) is 1. The Bertz CT molecular complexity index is 442. The van der Waals surface area contributed by atoms with Crippen LogP contribution in [0.15, 0.2) is 24.3 Å². The van der Waals surface area contributed by atoms with Gasteiger partial charge in [-0.2, -0.15) is 0 Å². The monoisotopic (exact) mass is 277 g/mol. The molecule has 0 bridgehead atoms. The highest BCUT2D eigenvalue weighted by molar-refractivity contribution is 5.67. The van der Waals surface area contributed by atoms with Crippen molar-refractivity contribution in [2.45, 2.75) is 13.0 Å². The van der Waals surface area contributed by atoms with Gasteiger partial charge in [-0.1, -0.05) is 12.1 Å². The van der Waals surface area contributed by atoms with Crippen LogP contribution in [0.4, 0.5) is 5.69 Å². The minimum Gasteiger partial charge on any atom is -0.481 e. The van der Waals surface area contributed by atoms with E-state index in [0.29, 0.717) is 6.54 Å². The van der Waals surface area contributed by atoms with E-state index in [9.17, 15) is 4.79 Å². The maximum absolute atomic E-state index is 10.5. The molecule has 1 aromatic rings. The molecule has 2 N–H and O–H groups in total. The van der Waals surface area contributed by atoms with Crippen molar-refractivity contribution < 1.29 is 9.90 Å². The number of benzene rings is 1. The summed E-state index contributed by atoms with van der Waals surface area (Å²) in [5.41, 5.74) is 2.27. The second kappa shape index (κ2) is 7.26. The Hall–Kier alpha value is -1.59. The van der Waals surface area contributed by atoms with E-state index in [-0.39, 0.29) is 6.42 Å². The summed E-state index contributed by atoms with van der Waals surface area (Å²) < 4.78 is 0. The maximum atomic E-state index is 10.5. The number of aliphatic carboxylic acids is 1. The Labute approximate surface area is 120 Å². The summed E-state index contributed by atoms with van der Waals surface area (Å²) in [4.78, 5) is 15.3. The van der Waals surface area contributed by atoms with Crippen molar-refractivity contribution in [3.63, 3.8) is 0 Å². The molecule has 0 aromatic heterocycles. The summed E-state index contributed by atoms with van der Waals surface area (Å²) >= 11 is 0. The molecule has 0 amide bonds. The first kappa shape index (κ1) is 14.8. The van der Waals surface area contributed by atoms with Gasteiger partial charge in [0.2, 0.25) is 0 Å². The van der Waals surface area contributed by atoms with Crippen molar-refractivity contribution in [1.82, 2.24) is 9.80 Å². The number of nitrogens with zero attached hydrogens (tertiary/aromatic N) is 2. The molecule has 1 heterocycles. The molecule has 0 radical (unpaired) electrons. The zero-order chi connectivity index (χ0) is 14.4. The van der Waals surface area contributed by atoms with Gasteiger partial charge < -0.3 is 15.3 Å². The predicted molar refractivity (Wildman–Crippen MR) is 80.0 cm³/mol. The third kappa shape index (κ3) is 4.83. The van der Waals surface area contributed by atoms with E-state index in [0.717, 1.165) is 38.4 Å². The average molecular weight is 277 g/mol. The minimum atomic E-state index is -0.772. The molecule has 110 valence electrons. The van der Waals surface area contributed by atoms with Crippen molar-refractivity contribution in [3.8, 4) is 0 Å². The van der Waals surface area contributed by atoms with Gasteiger partial charge in [0.15, 0.2) is 0 Å². The number of carbonyl (C=O) groups is 1. The van der Waals surface area contributed by atoms with E-state index in [1.165, 1.54) is 5.56 Å². The van der Waals surface area contributed by atoms with E-state index >= 15 is 0 Å². The molecule has 0 spiro atoms. The molecule has 5 nitrogen and oxygen atoms in total. The Morgan fingerprint density at radius 1 is 1.30 bits per heavy atom. The largest absolute Gasteiger partial charge is 0.481 e. The van der Waals surface area contributed by atoms with E-state index < -0.39 is 5.97 Å². The number of carboxylic acid groups (broad SMARTS) is 1. The first-order valence-corrected chi connectivity index (χ1v) is 7.09. The van der Waals surface area contributed by atoms with Crippen LogP contribution >= 0.6 is 0 Å². The predicted octanol–water partition coefficient (Wildman–Crippen LogP) is 1.32. The number of carboxylic acids is 1. The smallest absolute Gasteiger partial charge is 0.305 e. The van der Waals surface area contributed by atoms with Crippen LogP contribution in [0.1, 0.15) is 12.0 Å². The number of hydrogen-bond donors (Lipinski definition) is 2. The lowest BCUT2D eigenvalue weighted by Gasteiger charge is -2.32. The molecule has 0 atom stereocenters. The fourth-order valence-electron chi connectivity index (χ4n) is 2.36. The normalized spacial score (nSPS) is 17.1. The summed E-state index contributed by atoms with van der Waals surface area (Å²) in [6.45, 7) is 5.88. The van der Waals surface area contributed by atoms with Crippen molar-refractivity contribution in [3.05, 3.63) is 29.8 Å². The van der Waals surface area contributed by atoms with Gasteiger partial charge in [0.1, 0.15) is 0 Å². The van der Waals surface area contributed by atoms with Crippen molar-refractivity contribution in [2.24, 2.45) is 0 Å². The molecule has 0 unspecified atom stereocenters. The standard InChI is InChI=1S/C15H23N3O2/c1-17-7-9-18(10-8-17)12-13-3-2-4-14(11-13)16-6-5-15(19)20/h2-4,11,16H,5-10,12H2,1H3,(H,19,20). The highest BCUT2D eigenvalue weighted by Gasteiger charge is 2.13. The van der Waals surface area contributed by atoms with Gasteiger partial charge in [-0.15, -0.1) is 0 Å². The third-order valence-corrected chi connectivity index (χ3v) is 3.60. The minimum absolute atomic E-state index is 0.142. The van der Waals surface area contributed by atoms with Crippen LogP contribution in [0.25, 0.3) is 0 Å². The lowest BCUT2D eigenvalue weighted by Crippen LogP contribution is -2.43. The summed E-state index contributed by atoms with van der Waals surface area (Å²) in [6, 6.07) is 8.24. The molecule has 20 heavy (non-hydrogen) atoms. The van der Waals surface area contributed by atoms with E-state index in [4.69, 9.17) is 5.11 Å². The molecule has 1 fully saturated rings. The van der Waals surface area contributed by atoms with Crippen molar-refractivity contribution in [1.29, 1.82) is 0 Å². The van der Waals surface area contributed by atoms with E-state index in [1.807, 2.05) is 12.1 Å². The highest BCUT2D eigenvalue weighted by atomic mass is 16.4. The molecule has 0 saturated carbocycles. The molecule has 1 aliphatic heterocycles. The van der Waals surface area contributed by atoms with Gasteiger partial charge in [-0.3, -0.25) is 9.69 Å². The molecule has 1 aliphatic rings. The average Bonchev–Trinajstić information content (AvgIpc) is 2.41. The van der Waals surface area contributed by atoms with E-state index in [1.54, 1.807) is 0 Å². The van der Waals surface area contributed by atoms with Crippen molar-refractivity contribution >= 4 is 11.7 Å². The molecule has 1 aromatic carbocycles. The molecular formula is C15H23N3O2. The van der Waals surface area contributed by atoms with Crippen LogP contribution in [0.5, 0.6) is 0 Å². The van der Waals surface area contributed by atoms with E-state index in [2.05, 4.69) is 34.3 Å². The fourth-order valence-corrected chi connectivity index (χ4v) is 2.36. The van der Waals surface area contributed by atoms with Gasteiger partial charge in [0.05, 0.1) is 6.42 Å². The molecule has 5 heteroatoms. The summed E-state index contributed by atoms with van der Waals surface area (Å²) in [6.07, 6.45) is 0.142. The number of piperazine rings is 1. The summed E-state index contributed by atoms with van der Waals surface area (Å²) in [7, 11) is 2.16. The quantitative estimate of drug-likeness (QED) is 0.821. The van der Waals surface area contributed by atoms with Crippen molar-refractivity contribution in [2.75, 3.05) is 45.1 Å². The van der Waals surface area contributed by atoms with Gasteiger partial charge >= 0.3 is 5.97 Å². The summed E-state index contributed by atoms with van der Waals surface area (Å²) in [5.74, 6) is -0.772. The first-order chi connectivity index (χ1) is 9.63. The Balaban J connectivity index is 1.84. The van der Waals surface area contributed by atoms with Crippen LogP contribution in [0.2, 0.25) is 0 Å². The van der Waals surface area contributed by atoms with Crippen LogP contribution < -0.4 is 5.32 Å². The van der Waals surface area contributed by atoms with Crippen LogP contribution in [0.3, 0.4) is 0 Å². The number of anilines is 1. The Morgan fingerprint density at radius 2 is 2.05 bits per heavy atom. The number of nitrogens with one attached hydrogen (secondary N) is 1. The molecule has 0 aliphatic carbocycles. The molecule has 2 rings (SSSR count). The number of hydrogen-bond acceptors (Lipinski definition) is 4. The summed E-state index contributed by atoms with van der Waals surface area (Å²) in [5, 5.41) is 11.8. The molecular weight excluding hydrogens is 254 g/mol. The highest BCUT2D eigenvalue weighted by Crippen LogP contribution is 2.13. The second-order valence-electron chi connectivity index (χ2n) is 5.35. The Morgan fingerprint density at radius 3 is 2.75 bits per heavy atom. The molecule has 1 saturated heterocycles. The lowest BCUT2D eigenvalue weighted by molar-refractivity contribution is -0.136. The zero-order valence-corrected chi connectivity index (χ0v) is 12.0. The van der Waals surface area contributed by atoms with Gasteiger partial charge in [-0.25, -0.2) is 0 Å². The lowest BCUT2D eigenvalue weighted by atomic mass is 10.1. The number of rotatable bonds is 6. The fraction of sp³-hybridized carbons (Fsp3) is 0.533.